The highest BCUT2D eigenvalue weighted by molar-refractivity contribution is 7.89. The van der Waals surface area contributed by atoms with Gasteiger partial charge in [-0.1, -0.05) is 13.3 Å². The molecule has 0 aliphatic heterocycles. The maximum absolute atomic E-state index is 12.4. The van der Waals surface area contributed by atoms with Gasteiger partial charge in [0.1, 0.15) is 6.04 Å². The van der Waals surface area contributed by atoms with E-state index in [-0.39, 0.29) is 17.0 Å². The summed E-state index contributed by atoms with van der Waals surface area (Å²) in [5.74, 6) is -1.22. The number of fused-ring (bicyclic) bond motifs is 1. The van der Waals surface area contributed by atoms with Gasteiger partial charge in [0, 0.05) is 14.1 Å². The number of sulfonamides is 1. The first kappa shape index (κ1) is 17.2. The highest BCUT2D eigenvalue weighted by Gasteiger charge is 2.25. The average molecular weight is 341 g/mol. The quantitative estimate of drug-likeness (QED) is 0.790. The van der Waals surface area contributed by atoms with Gasteiger partial charge >= 0.3 is 11.7 Å². The van der Waals surface area contributed by atoms with Crippen molar-refractivity contribution in [2.45, 2.75) is 30.7 Å². The topological polar surface area (TPSA) is 110 Å². The zero-order valence-corrected chi connectivity index (χ0v) is 13.9. The second-order valence-electron chi connectivity index (χ2n) is 5.35. The van der Waals surface area contributed by atoms with Gasteiger partial charge in [-0.25, -0.2) is 13.2 Å². The van der Waals surface area contributed by atoms with Crippen LogP contribution in [0.1, 0.15) is 19.8 Å². The highest BCUT2D eigenvalue weighted by Crippen LogP contribution is 2.18. The lowest BCUT2D eigenvalue weighted by Crippen LogP contribution is -2.40. The summed E-state index contributed by atoms with van der Waals surface area (Å²) in [6.45, 7) is 1.77. The second kappa shape index (κ2) is 6.17. The van der Waals surface area contributed by atoms with E-state index >= 15 is 0 Å². The minimum atomic E-state index is -3.99. The molecular formula is C14H19N3O5S. The Balaban J connectivity index is 2.48. The number of carbonyl (C=O) groups is 1. The molecule has 9 heteroatoms. The van der Waals surface area contributed by atoms with Crippen molar-refractivity contribution in [3.63, 3.8) is 0 Å². The number of imidazole rings is 1. The Morgan fingerprint density at radius 3 is 2.43 bits per heavy atom. The number of hydrogen-bond donors (Lipinski definition) is 2. The molecule has 1 aromatic heterocycles. The summed E-state index contributed by atoms with van der Waals surface area (Å²) in [6, 6.07) is 3.07. The highest BCUT2D eigenvalue weighted by atomic mass is 32.2. The number of aliphatic carboxylic acids is 1. The third kappa shape index (κ3) is 3.15. The summed E-state index contributed by atoms with van der Waals surface area (Å²) in [7, 11) is -0.851. The van der Waals surface area contributed by atoms with E-state index in [4.69, 9.17) is 5.11 Å². The number of carboxylic acids is 1. The van der Waals surface area contributed by atoms with Crippen LogP contribution in [0.25, 0.3) is 11.0 Å². The first-order valence-electron chi connectivity index (χ1n) is 7.09. The largest absolute Gasteiger partial charge is 0.480 e. The Labute approximate surface area is 133 Å². The molecule has 1 aromatic carbocycles. The summed E-state index contributed by atoms with van der Waals surface area (Å²) < 4.78 is 29.7. The van der Waals surface area contributed by atoms with Crippen molar-refractivity contribution in [2.75, 3.05) is 0 Å². The SMILES string of the molecule is CCCC(NS(=O)(=O)c1ccc2c(c1)n(C)c(=O)n2C)C(=O)O. The molecule has 0 aliphatic carbocycles. The molecular weight excluding hydrogens is 322 g/mol. The van der Waals surface area contributed by atoms with Gasteiger partial charge in [-0.3, -0.25) is 13.9 Å². The Morgan fingerprint density at radius 2 is 1.87 bits per heavy atom. The van der Waals surface area contributed by atoms with E-state index in [0.717, 1.165) is 0 Å². The van der Waals surface area contributed by atoms with Crippen molar-refractivity contribution in [3.8, 4) is 0 Å². The van der Waals surface area contributed by atoms with Crippen LogP contribution in [0.15, 0.2) is 27.9 Å². The lowest BCUT2D eigenvalue weighted by molar-refractivity contribution is -0.139. The number of hydrogen-bond acceptors (Lipinski definition) is 4. The van der Waals surface area contributed by atoms with E-state index in [9.17, 15) is 18.0 Å². The van der Waals surface area contributed by atoms with Crippen LogP contribution >= 0.6 is 0 Å². The second-order valence-corrected chi connectivity index (χ2v) is 7.07. The van der Waals surface area contributed by atoms with Crippen molar-refractivity contribution in [2.24, 2.45) is 14.1 Å². The fourth-order valence-corrected chi connectivity index (χ4v) is 3.67. The zero-order valence-electron chi connectivity index (χ0n) is 13.1. The number of carboxylic acid groups (broad SMARTS) is 1. The van der Waals surface area contributed by atoms with E-state index in [0.29, 0.717) is 17.5 Å². The van der Waals surface area contributed by atoms with E-state index in [1.54, 1.807) is 21.0 Å². The van der Waals surface area contributed by atoms with Gasteiger partial charge in [0.2, 0.25) is 10.0 Å². The summed E-state index contributed by atoms with van der Waals surface area (Å²) in [5, 5.41) is 9.09. The Morgan fingerprint density at radius 1 is 1.26 bits per heavy atom. The molecule has 0 aliphatic rings. The molecule has 2 rings (SSSR count). The molecule has 0 fully saturated rings. The fraction of sp³-hybridized carbons (Fsp3) is 0.429. The third-order valence-corrected chi connectivity index (χ3v) is 5.20. The Hall–Kier alpha value is -2.13. The maximum atomic E-state index is 12.4. The molecule has 2 N–H and O–H groups in total. The summed E-state index contributed by atoms with van der Waals surface area (Å²) in [6.07, 6.45) is 0.729. The van der Waals surface area contributed by atoms with Crippen LogP contribution in [-0.2, 0) is 28.9 Å². The predicted octanol–water partition coefficient (Wildman–Crippen LogP) is 0.409. The van der Waals surface area contributed by atoms with Crippen LogP contribution in [0, 0.1) is 0 Å². The molecule has 2 aromatic rings. The molecule has 0 spiro atoms. The number of aromatic nitrogens is 2. The van der Waals surface area contributed by atoms with E-state index in [2.05, 4.69) is 4.72 Å². The standard InChI is InChI=1S/C14H19N3O5S/c1-4-5-10(13(18)19)15-23(21,22)9-6-7-11-12(8-9)17(3)14(20)16(11)2/h6-8,10,15H,4-5H2,1-3H3,(H,18,19). The van der Waals surface area contributed by atoms with Crippen molar-refractivity contribution in [1.82, 2.24) is 13.9 Å². The molecule has 0 amide bonds. The number of benzene rings is 1. The third-order valence-electron chi connectivity index (χ3n) is 3.73. The van der Waals surface area contributed by atoms with Crippen LogP contribution in [0.2, 0.25) is 0 Å². The molecule has 1 unspecified atom stereocenters. The van der Waals surface area contributed by atoms with Crippen molar-refractivity contribution >= 4 is 27.0 Å². The minimum Gasteiger partial charge on any atom is -0.480 e. The monoisotopic (exact) mass is 341 g/mol. The molecule has 0 radical (unpaired) electrons. The molecule has 0 saturated heterocycles. The van der Waals surface area contributed by atoms with Gasteiger partial charge in [0.05, 0.1) is 15.9 Å². The van der Waals surface area contributed by atoms with Gasteiger partial charge in [0.25, 0.3) is 0 Å². The first-order valence-corrected chi connectivity index (χ1v) is 8.58. The summed E-state index contributed by atoms with van der Waals surface area (Å²) in [4.78, 5) is 22.9. The van der Waals surface area contributed by atoms with Crippen LogP contribution < -0.4 is 10.4 Å². The van der Waals surface area contributed by atoms with Crippen molar-refractivity contribution in [1.29, 1.82) is 0 Å². The van der Waals surface area contributed by atoms with Crippen LogP contribution in [0.3, 0.4) is 0 Å². The average Bonchev–Trinajstić information content (AvgIpc) is 2.71. The van der Waals surface area contributed by atoms with Gasteiger partial charge in [-0.2, -0.15) is 4.72 Å². The molecule has 1 atom stereocenters. The molecule has 0 saturated carbocycles. The molecule has 1 heterocycles. The molecule has 23 heavy (non-hydrogen) atoms. The molecule has 126 valence electrons. The van der Waals surface area contributed by atoms with Crippen LogP contribution in [0.4, 0.5) is 0 Å². The fourth-order valence-electron chi connectivity index (χ4n) is 2.43. The predicted molar refractivity (Wildman–Crippen MR) is 84.8 cm³/mol. The molecule has 8 nitrogen and oxygen atoms in total. The lowest BCUT2D eigenvalue weighted by atomic mass is 10.2. The smallest absolute Gasteiger partial charge is 0.328 e. The van der Waals surface area contributed by atoms with Gasteiger partial charge in [-0.05, 0) is 24.6 Å². The number of nitrogens with zero attached hydrogens (tertiary/aromatic N) is 2. The lowest BCUT2D eigenvalue weighted by Gasteiger charge is -2.14. The normalized spacial score (nSPS) is 13.3. The van der Waals surface area contributed by atoms with Gasteiger partial charge in [0.15, 0.2) is 0 Å². The number of aryl methyl sites for hydroxylation is 2. The van der Waals surface area contributed by atoms with Crippen LogP contribution in [0.5, 0.6) is 0 Å². The summed E-state index contributed by atoms with van der Waals surface area (Å²) >= 11 is 0. The number of nitrogens with one attached hydrogen (secondary N) is 1. The van der Waals surface area contributed by atoms with E-state index in [1.807, 2.05) is 0 Å². The van der Waals surface area contributed by atoms with Crippen LogP contribution in [-0.4, -0.2) is 34.7 Å². The molecule has 0 bridgehead atoms. The zero-order chi connectivity index (χ0) is 17.4. The Bertz CT molecular complexity index is 910. The van der Waals surface area contributed by atoms with E-state index in [1.165, 1.54) is 27.3 Å². The van der Waals surface area contributed by atoms with Crippen molar-refractivity contribution < 1.29 is 18.3 Å². The van der Waals surface area contributed by atoms with Gasteiger partial charge < -0.3 is 5.11 Å². The van der Waals surface area contributed by atoms with E-state index < -0.39 is 22.0 Å². The number of rotatable bonds is 6. The summed E-state index contributed by atoms with van der Waals surface area (Å²) in [5.41, 5.74) is 0.791. The van der Waals surface area contributed by atoms with Crippen molar-refractivity contribution in [3.05, 3.63) is 28.7 Å². The first-order chi connectivity index (χ1) is 10.7. The maximum Gasteiger partial charge on any atom is 0.328 e. The minimum absolute atomic E-state index is 0.0754. The Kier molecular flexibility index (Phi) is 4.62. The van der Waals surface area contributed by atoms with Gasteiger partial charge in [-0.15, -0.1) is 0 Å².